The van der Waals surface area contributed by atoms with Crippen molar-refractivity contribution >= 4 is 51.9 Å². The molecule has 1 aromatic carbocycles. The molecule has 0 bridgehead atoms. The van der Waals surface area contributed by atoms with Crippen LogP contribution in [0.1, 0.15) is 29.4 Å². The van der Waals surface area contributed by atoms with Crippen molar-refractivity contribution in [1.29, 1.82) is 0 Å². The third kappa shape index (κ3) is 5.50. The molecule has 0 unspecified atom stereocenters. The van der Waals surface area contributed by atoms with Crippen molar-refractivity contribution in [2.24, 2.45) is 0 Å². The quantitative estimate of drug-likeness (QED) is 0.774. The van der Waals surface area contributed by atoms with Crippen molar-refractivity contribution in [2.75, 3.05) is 10.6 Å². The number of halogens is 1. The van der Waals surface area contributed by atoms with Crippen LogP contribution >= 0.6 is 22.9 Å². The fourth-order valence-electron chi connectivity index (χ4n) is 1.92. The lowest BCUT2D eigenvalue weighted by molar-refractivity contribution is -0.116. The normalized spacial score (nSPS) is 10.2. The van der Waals surface area contributed by atoms with Crippen LogP contribution < -0.4 is 10.6 Å². The van der Waals surface area contributed by atoms with Gasteiger partial charge in [-0.1, -0.05) is 17.7 Å². The van der Waals surface area contributed by atoms with Crippen molar-refractivity contribution in [3.05, 3.63) is 45.6 Å². The molecule has 0 atom stereocenters. The molecule has 1 aromatic heterocycles. The number of carbonyl (C=O) groups excluding carboxylic acids is 3. The SMILES string of the molecule is CC(=O)Nc1cccc(NC(=O)CCC(=O)c2ccc(Cl)s2)c1. The highest BCUT2D eigenvalue weighted by atomic mass is 35.5. The lowest BCUT2D eigenvalue weighted by Crippen LogP contribution is -2.13. The van der Waals surface area contributed by atoms with Gasteiger partial charge in [0.2, 0.25) is 11.8 Å². The summed E-state index contributed by atoms with van der Waals surface area (Å²) in [6, 6.07) is 10.1. The lowest BCUT2D eigenvalue weighted by Gasteiger charge is -2.07. The zero-order chi connectivity index (χ0) is 16.8. The van der Waals surface area contributed by atoms with Crippen LogP contribution in [-0.2, 0) is 9.59 Å². The zero-order valence-electron chi connectivity index (χ0n) is 12.4. The lowest BCUT2D eigenvalue weighted by atomic mass is 10.2. The summed E-state index contributed by atoms with van der Waals surface area (Å²) in [5.41, 5.74) is 1.16. The van der Waals surface area contributed by atoms with Crippen LogP contribution in [0.3, 0.4) is 0 Å². The molecule has 2 amide bonds. The molecule has 5 nitrogen and oxygen atoms in total. The second-order valence-corrected chi connectivity index (χ2v) is 6.55. The number of rotatable bonds is 6. The Morgan fingerprint density at radius 3 is 2.35 bits per heavy atom. The first-order chi connectivity index (χ1) is 10.9. The van der Waals surface area contributed by atoms with Crippen molar-refractivity contribution in [2.45, 2.75) is 19.8 Å². The van der Waals surface area contributed by atoms with E-state index < -0.39 is 0 Å². The number of benzene rings is 1. The van der Waals surface area contributed by atoms with Crippen molar-refractivity contribution in [3.8, 4) is 0 Å². The summed E-state index contributed by atoms with van der Waals surface area (Å²) >= 11 is 6.99. The summed E-state index contributed by atoms with van der Waals surface area (Å²) in [6.07, 6.45) is 0.201. The Morgan fingerprint density at radius 2 is 1.74 bits per heavy atom. The van der Waals surface area contributed by atoms with Crippen LogP contribution in [0.15, 0.2) is 36.4 Å². The van der Waals surface area contributed by atoms with Crippen LogP contribution in [0.4, 0.5) is 11.4 Å². The Balaban J connectivity index is 1.87. The maximum absolute atomic E-state index is 11.9. The number of thiophene rings is 1. The smallest absolute Gasteiger partial charge is 0.224 e. The molecule has 0 spiro atoms. The van der Waals surface area contributed by atoms with E-state index >= 15 is 0 Å². The Hall–Kier alpha value is -2.18. The summed E-state index contributed by atoms with van der Waals surface area (Å²) in [5.74, 6) is -0.557. The van der Waals surface area contributed by atoms with E-state index in [1.165, 1.54) is 18.3 Å². The van der Waals surface area contributed by atoms with Gasteiger partial charge >= 0.3 is 0 Å². The minimum atomic E-state index is -0.263. The Kier molecular flexibility index (Phi) is 5.90. The molecule has 2 N–H and O–H groups in total. The largest absolute Gasteiger partial charge is 0.326 e. The van der Waals surface area contributed by atoms with Gasteiger partial charge in [-0.25, -0.2) is 0 Å². The van der Waals surface area contributed by atoms with Crippen LogP contribution in [-0.4, -0.2) is 17.6 Å². The highest BCUT2D eigenvalue weighted by Crippen LogP contribution is 2.23. The van der Waals surface area contributed by atoms with Crippen LogP contribution in [0.25, 0.3) is 0 Å². The monoisotopic (exact) mass is 350 g/mol. The van der Waals surface area contributed by atoms with Gasteiger partial charge in [0.25, 0.3) is 0 Å². The molecule has 0 radical (unpaired) electrons. The van der Waals surface area contributed by atoms with Gasteiger partial charge < -0.3 is 10.6 Å². The van der Waals surface area contributed by atoms with E-state index in [4.69, 9.17) is 11.6 Å². The fraction of sp³-hybridized carbons (Fsp3) is 0.188. The summed E-state index contributed by atoms with van der Waals surface area (Å²) in [5, 5.41) is 5.34. The van der Waals surface area contributed by atoms with Crippen molar-refractivity contribution in [1.82, 2.24) is 0 Å². The van der Waals surface area contributed by atoms with Gasteiger partial charge in [0.05, 0.1) is 9.21 Å². The van der Waals surface area contributed by atoms with Gasteiger partial charge in [0.1, 0.15) is 0 Å². The molecule has 0 aliphatic rings. The van der Waals surface area contributed by atoms with Crippen LogP contribution in [0.2, 0.25) is 4.34 Å². The second kappa shape index (κ2) is 7.89. The average Bonchev–Trinajstić information content (AvgIpc) is 2.91. The summed E-state index contributed by atoms with van der Waals surface area (Å²) in [7, 11) is 0. The molecule has 0 aliphatic carbocycles. The van der Waals surface area contributed by atoms with Gasteiger partial charge in [-0.2, -0.15) is 0 Å². The molecule has 23 heavy (non-hydrogen) atoms. The highest BCUT2D eigenvalue weighted by Gasteiger charge is 2.11. The first-order valence-electron chi connectivity index (χ1n) is 6.90. The van der Waals surface area contributed by atoms with E-state index in [0.29, 0.717) is 20.6 Å². The summed E-state index contributed by atoms with van der Waals surface area (Å²) in [6.45, 7) is 1.41. The summed E-state index contributed by atoms with van der Waals surface area (Å²) < 4.78 is 0.549. The number of amides is 2. The first-order valence-corrected chi connectivity index (χ1v) is 8.09. The number of carbonyl (C=O) groups is 3. The van der Waals surface area contributed by atoms with Crippen LogP contribution in [0, 0.1) is 0 Å². The van der Waals surface area contributed by atoms with Gasteiger partial charge in [0, 0.05) is 31.1 Å². The molecule has 1 heterocycles. The minimum Gasteiger partial charge on any atom is -0.326 e. The molecule has 0 fully saturated rings. The molecule has 2 rings (SSSR count). The van der Waals surface area contributed by atoms with Gasteiger partial charge in [0.15, 0.2) is 5.78 Å². The van der Waals surface area contributed by atoms with E-state index in [-0.39, 0.29) is 30.4 Å². The zero-order valence-corrected chi connectivity index (χ0v) is 14.0. The van der Waals surface area contributed by atoms with Crippen LogP contribution in [0.5, 0.6) is 0 Å². The number of nitrogens with one attached hydrogen (secondary N) is 2. The topological polar surface area (TPSA) is 75.3 Å². The highest BCUT2D eigenvalue weighted by molar-refractivity contribution is 7.18. The van der Waals surface area contributed by atoms with E-state index in [2.05, 4.69) is 10.6 Å². The number of hydrogen-bond donors (Lipinski definition) is 2. The predicted octanol–water partition coefficient (Wildman–Crippen LogP) is 3.96. The van der Waals surface area contributed by atoms with Gasteiger partial charge in [-0.05, 0) is 30.3 Å². The minimum absolute atomic E-state index is 0.0821. The number of hydrogen-bond acceptors (Lipinski definition) is 4. The Labute approximate surface area is 142 Å². The van der Waals surface area contributed by atoms with E-state index in [0.717, 1.165) is 0 Å². The average molecular weight is 351 g/mol. The van der Waals surface area contributed by atoms with E-state index in [1.807, 2.05) is 0 Å². The fourth-order valence-corrected chi connectivity index (χ4v) is 2.93. The third-order valence-electron chi connectivity index (χ3n) is 2.89. The number of ketones is 1. The number of Topliss-reactive ketones (excluding diaryl/α,β-unsaturated/α-hetero) is 1. The van der Waals surface area contributed by atoms with E-state index in [9.17, 15) is 14.4 Å². The Bertz CT molecular complexity index is 742. The molecule has 0 saturated heterocycles. The predicted molar refractivity (Wildman–Crippen MR) is 92.3 cm³/mol. The molecule has 2 aromatic rings. The Morgan fingerprint density at radius 1 is 1.04 bits per heavy atom. The maximum Gasteiger partial charge on any atom is 0.224 e. The third-order valence-corrected chi connectivity index (χ3v) is 4.17. The molecular formula is C16H15ClN2O3S. The van der Waals surface area contributed by atoms with Crippen molar-refractivity contribution in [3.63, 3.8) is 0 Å². The van der Waals surface area contributed by atoms with Crippen molar-refractivity contribution < 1.29 is 14.4 Å². The molecular weight excluding hydrogens is 336 g/mol. The van der Waals surface area contributed by atoms with Gasteiger partial charge in [-0.15, -0.1) is 11.3 Å². The standard InChI is InChI=1S/C16H15ClN2O3S/c1-10(20)18-11-3-2-4-12(9-11)19-16(22)8-5-13(21)14-6-7-15(17)23-14/h2-4,6-7,9H,5,8H2,1H3,(H,18,20)(H,19,22). The maximum atomic E-state index is 11.9. The molecule has 120 valence electrons. The first kappa shape index (κ1) is 17.2. The molecule has 0 saturated carbocycles. The molecule has 7 heteroatoms. The molecule has 0 aliphatic heterocycles. The second-order valence-electron chi connectivity index (χ2n) is 4.84. The van der Waals surface area contributed by atoms with E-state index in [1.54, 1.807) is 36.4 Å². The summed E-state index contributed by atoms with van der Waals surface area (Å²) in [4.78, 5) is 35.4. The number of anilines is 2. The van der Waals surface area contributed by atoms with Gasteiger partial charge in [-0.3, -0.25) is 14.4 Å².